The molecule has 1 fully saturated rings. The minimum absolute atomic E-state index is 0.0189. The van der Waals surface area contributed by atoms with Crippen molar-refractivity contribution in [1.29, 1.82) is 0 Å². The van der Waals surface area contributed by atoms with Crippen molar-refractivity contribution in [3.8, 4) is 17.6 Å². The number of fused-ring (bicyclic) bond motifs is 1. The summed E-state index contributed by atoms with van der Waals surface area (Å²) in [6.45, 7) is 0. The highest BCUT2D eigenvalue weighted by molar-refractivity contribution is 5.92. The fourth-order valence-electron chi connectivity index (χ4n) is 5.12. The quantitative estimate of drug-likeness (QED) is 0.513. The zero-order valence-corrected chi connectivity index (χ0v) is 20.9. The van der Waals surface area contributed by atoms with Crippen LogP contribution in [0.2, 0.25) is 0 Å². The molecule has 5 rings (SSSR count). The van der Waals surface area contributed by atoms with Gasteiger partial charge in [-0.1, -0.05) is 12.0 Å². The van der Waals surface area contributed by atoms with E-state index in [1.165, 1.54) is 0 Å². The summed E-state index contributed by atoms with van der Waals surface area (Å²) in [7, 11) is 1.62. The zero-order chi connectivity index (χ0) is 25.6. The van der Waals surface area contributed by atoms with Gasteiger partial charge in [0.2, 0.25) is 11.7 Å². The highest BCUT2D eigenvalue weighted by Gasteiger charge is 2.31. The number of nitrogens with two attached hydrogens (primary N) is 1. The van der Waals surface area contributed by atoms with E-state index in [1.807, 2.05) is 42.6 Å². The van der Waals surface area contributed by atoms with Gasteiger partial charge in [0.25, 0.3) is 0 Å². The van der Waals surface area contributed by atoms with Crippen LogP contribution in [0.15, 0.2) is 53.8 Å². The Balaban J connectivity index is 1.19. The van der Waals surface area contributed by atoms with Crippen LogP contribution < -0.4 is 15.8 Å². The van der Waals surface area contributed by atoms with Crippen molar-refractivity contribution in [2.45, 2.75) is 38.5 Å². The van der Waals surface area contributed by atoms with Crippen molar-refractivity contribution in [2.75, 3.05) is 18.2 Å². The predicted molar refractivity (Wildman–Crippen MR) is 144 cm³/mol. The summed E-state index contributed by atoms with van der Waals surface area (Å²) < 4.78 is 5.25. The van der Waals surface area contributed by atoms with Crippen LogP contribution in [0, 0.1) is 29.6 Å². The van der Waals surface area contributed by atoms with Crippen LogP contribution in [0.1, 0.15) is 49.2 Å². The molecule has 3 aromatic rings. The average molecular weight is 495 g/mol. The Hall–Kier alpha value is -4.25. The molecule has 1 aliphatic carbocycles. The molecule has 0 saturated heterocycles. The molecule has 3 N–H and O–H groups in total. The molecule has 1 unspecified atom stereocenters. The maximum Gasteiger partial charge on any atom is 0.227 e. The molecule has 1 aromatic carbocycles. The number of nitrogens with zero attached hydrogens (tertiary/aromatic N) is 4. The Morgan fingerprint density at radius 2 is 1.86 bits per heavy atom. The number of nitrogen functional groups attached to an aromatic ring is 1. The Kier molecular flexibility index (Phi) is 7.41. The molecule has 0 radical (unpaired) electrons. The van der Waals surface area contributed by atoms with Gasteiger partial charge < -0.3 is 15.8 Å². The second kappa shape index (κ2) is 11.2. The topological polar surface area (TPSA) is 115 Å². The summed E-state index contributed by atoms with van der Waals surface area (Å²) in [5.41, 5.74) is 9.36. The molecule has 0 bridgehead atoms. The van der Waals surface area contributed by atoms with E-state index in [1.54, 1.807) is 19.5 Å². The lowest BCUT2D eigenvalue weighted by atomic mass is 9.74. The van der Waals surface area contributed by atoms with E-state index in [0.29, 0.717) is 29.2 Å². The van der Waals surface area contributed by atoms with E-state index in [0.717, 1.165) is 61.2 Å². The van der Waals surface area contributed by atoms with E-state index in [9.17, 15) is 4.79 Å². The number of aliphatic imine (C=N–C) groups is 1. The van der Waals surface area contributed by atoms with Gasteiger partial charge in [-0.2, -0.15) is 0 Å². The minimum Gasteiger partial charge on any atom is -0.497 e. The summed E-state index contributed by atoms with van der Waals surface area (Å²) in [6, 6.07) is 11.1. The number of rotatable bonds is 4. The van der Waals surface area contributed by atoms with Crippen molar-refractivity contribution in [3.05, 3.63) is 65.9 Å². The largest absolute Gasteiger partial charge is 0.497 e. The number of aromatic nitrogens is 3. The molecule has 2 aromatic heterocycles. The third kappa shape index (κ3) is 5.95. The lowest BCUT2D eigenvalue weighted by Gasteiger charge is -2.31. The molecule has 188 valence electrons. The number of aryl methyl sites for hydroxylation is 1. The number of pyridine rings is 1. The smallest absolute Gasteiger partial charge is 0.227 e. The summed E-state index contributed by atoms with van der Waals surface area (Å²) in [5, 5.41) is 3.05. The van der Waals surface area contributed by atoms with Gasteiger partial charge in [-0.25, -0.2) is 9.97 Å². The van der Waals surface area contributed by atoms with Crippen LogP contribution in [-0.2, 0) is 11.2 Å². The number of ether oxygens (including phenoxy) is 1. The van der Waals surface area contributed by atoms with Crippen LogP contribution in [0.25, 0.3) is 0 Å². The number of nitrogens with one attached hydrogen (secondary N) is 1. The number of amides is 1. The molecular weight excluding hydrogens is 464 g/mol. The monoisotopic (exact) mass is 494 g/mol. The summed E-state index contributed by atoms with van der Waals surface area (Å²) in [4.78, 5) is 30.6. The van der Waals surface area contributed by atoms with Gasteiger partial charge in [0.1, 0.15) is 11.4 Å². The van der Waals surface area contributed by atoms with Gasteiger partial charge in [-0.05, 0) is 80.5 Å². The second-order valence-corrected chi connectivity index (χ2v) is 9.53. The van der Waals surface area contributed by atoms with Crippen molar-refractivity contribution in [2.24, 2.45) is 22.7 Å². The first kappa shape index (κ1) is 24.4. The maximum atomic E-state index is 12.8. The van der Waals surface area contributed by atoms with Crippen molar-refractivity contribution >= 4 is 29.3 Å². The first-order valence-electron chi connectivity index (χ1n) is 12.7. The Morgan fingerprint density at radius 1 is 1.05 bits per heavy atom. The fraction of sp³-hybridized carbons (Fsp3) is 0.345. The Bertz CT molecular complexity index is 1350. The van der Waals surface area contributed by atoms with Crippen LogP contribution in [-0.4, -0.2) is 34.2 Å². The van der Waals surface area contributed by atoms with Crippen molar-refractivity contribution in [1.82, 2.24) is 15.0 Å². The molecule has 0 spiro atoms. The van der Waals surface area contributed by atoms with Crippen LogP contribution >= 0.6 is 0 Å². The van der Waals surface area contributed by atoms with E-state index in [2.05, 4.69) is 32.1 Å². The van der Waals surface area contributed by atoms with Gasteiger partial charge in [-0.15, -0.1) is 0 Å². The second-order valence-electron chi connectivity index (χ2n) is 9.53. The fourth-order valence-corrected chi connectivity index (χ4v) is 5.12. The summed E-state index contributed by atoms with van der Waals surface area (Å²) in [6.07, 6.45) is 10.9. The zero-order valence-electron chi connectivity index (χ0n) is 20.9. The van der Waals surface area contributed by atoms with Crippen molar-refractivity contribution < 1.29 is 9.53 Å². The van der Waals surface area contributed by atoms with Gasteiger partial charge in [0.15, 0.2) is 5.82 Å². The molecule has 2 aliphatic rings. The minimum atomic E-state index is 0.0189. The number of hydrogen-bond donors (Lipinski definition) is 2. The lowest BCUT2D eigenvalue weighted by Crippen LogP contribution is -2.30. The molecule has 1 saturated carbocycles. The normalized spacial score (nSPS) is 20.6. The molecule has 8 nitrogen and oxygen atoms in total. The molecule has 37 heavy (non-hydrogen) atoms. The molecule has 1 atom stereocenters. The van der Waals surface area contributed by atoms with Crippen LogP contribution in [0.5, 0.6) is 5.75 Å². The number of hydrogen-bond acceptors (Lipinski definition) is 7. The highest BCUT2D eigenvalue weighted by Crippen LogP contribution is 2.38. The average Bonchev–Trinajstić information content (AvgIpc) is 3.16. The third-order valence-corrected chi connectivity index (χ3v) is 7.18. The summed E-state index contributed by atoms with van der Waals surface area (Å²) >= 11 is 0. The third-order valence-electron chi connectivity index (χ3n) is 7.18. The molecule has 1 amide bonds. The molecule has 8 heteroatoms. The number of carbonyl (C=O) groups excluding carboxylic acids is 1. The molecule has 3 heterocycles. The lowest BCUT2D eigenvalue weighted by molar-refractivity contribution is -0.121. The van der Waals surface area contributed by atoms with Crippen LogP contribution in [0.4, 0.5) is 17.2 Å². The molecular formula is C29H30N6O2. The number of methoxy groups -OCH3 is 1. The van der Waals surface area contributed by atoms with E-state index in [-0.39, 0.29) is 11.8 Å². The van der Waals surface area contributed by atoms with Crippen LogP contribution in [0.3, 0.4) is 0 Å². The highest BCUT2D eigenvalue weighted by atomic mass is 16.5. The SMILES string of the molecule is COc1cccc(NC(=O)[C@H]2CC[C@@H](C3C=Nc4c(N)nc(C#Cc5ccncc5)nc4CC3)CC2)c1. The van der Waals surface area contributed by atoms with E-state index >= 15 is 0 Å². The Labute approximate surface area is 216 Å². The van der Waals surface area contributed by atoms with Gasteiger partial charge in [0.05, 0.1) is 12.8 Å². The number of benzene rings is 1. The maximum absolute atomic E-state index is 12.8. The van der Waals surface area contributed by atoms with Gasteiger partial charge in [-0.3, -0.25) is 14.8 Å². The number of carbonyl (C=O) groups is 1. The summed E-state index contributed by atoms with van der Waals surface area (Å²) in [5.74, 6) is 8.47. The Morgan fingerprint density at radius 3 is 2.65 bits per heavy atom. The first-order chi connectivity index (χ1) is 18.1. The van der Waals surface area contributed by atoms with E-state index in [4.69, 9.17) is 15.5 Å². The van der Waals surface area contributed by atoms with Gasteiger partial charge in [0, 0.05) is 41.8 Å². The first-order valence-corrected chi connectivity index (χ1v) is 12.7. The number of anilines is 2. The standard InChI is InChI=1S/C29H30N6O2/c1-37-24-4-2-3-23(17-24)33-29(36)21-8-6-20(7-9-21)22-10-11-25-27(32-18-22)28(30)35-26(34-25)12-5-19-13-15-31-16-14-19/h2-4,13-18,20-22H,6-11H2,1H3,(H,33,36)(H2,30,34,35)/t20-,21+,22?. The predicted octanol–water partition coefficient (Wildman–Crippen LogP) is 4.57. The van der Waals surface area contributed by atoms with E-state index < -0.39 is 0 Å². The van der Waals surface area contributed by atoms with Crippen molar-refractivity contribution in [3.63, 3.8) is 0 Å². The molecule has 1 aliphatic heterocycles. The van der Waals surface area contributed by atoms with Gasteiger partial charge >= 0.3 is 0 Å².